The first-order valence-electron chi connectivity index (χ1n) is 14.7. The lowest BCUT2D eigenvalue weighted by Gasteiger charge is -2.33. The van der Waals surface area contributed by atoms with Crippen LogP contribution in [0.2, 0.25) is 0 Å². The Morgan fingerprint density at radius 2 is 1.95 bits per heavy atom. The van der Waals surface area contributed by atoms with E-state index in [4.69, 9.17) is 4.74 Å². The number of nitrogens with one attached hydrogen (secondary N) is 2. The third-order valence-corrected chi connectivity index (χ3v) is 9.35. The van der Waals surface area contributed by atoms with Gasteiger partial charge in [-0.3, -0.25) is 29.3 Å². The zero-order valence-electron chi connectivity index (χ0n) is 24.3. The van der Waals surface area contributed by atoms with Gasteiger partial charge in [-0.25, -0.2) is 0 Å². The molecule has 1 aliphatic carbocycles. The Hall–Kier alpha value is -4.43. The molecule has 6 rings (SSSR count). The largest absolute Gasteiger partial charge is 0.381 e. The van der Waals surface area contributed by atoms with Crippen molar-refractivity contribution in [1.29, 1.82) is 5.26 Å². The van der Waals surface area contributed by atoms with Crippen molar-refractivity contribution in [3.05, 3.63) is 66.4 Å². The number of likely N-dealkylation sites (tertiary alicyclic amines) is 1. The number of amides is 3. The van der Waals surface area contributed by atoms with Crippen molar-refractivity contribution < 1.29 is 19.1 Å². The van der Waals surface area contributed by atoms with Gasteiger partial charge in [0.25, 0.3) is 0 Å². The van der Waals surface area contributed by atoms with E-state index in [-0.39, 0.29) is 47.8 Å². The number of nitrogens with zero attached hydrogens (tertiary/aromatic N) is 5. The van der Waals surface area contributed by atoms with Crippen molar-refractivity contribution in [1.82, 2.24) is 30.5 Å². The van der Waals surface area contributed by atoms with E-state index in [9.17, 15) is 19.6 Å². The number of aromatic nitrogens is 3. The first-order chi connectivity index (χ1) is 20.8. The van der Waals surface area contributed by atoms with Crippen molar-refractivity contribution in [3.63, 3.8) is 0 Å². The summed E-state index contributed by atoms with van der Waals surface area (Å²) in [5, 5.41) is 16.7. The highest BCUT2D eigenvalue weighted by Crippen LogP contribution is 2.65. The number of rotatable bonds is 9. The SMILES string of the molecule is CC1(C)[C@@H]2[C@@H](C(=O)NC(C#N)c3cncc4cccnc34)N(C(=O)[C@H](Cc3ccncc3)NC(=O)CC3CCOC3)C[C@@H]21. The van der Waals surface area contributed by atoms with E-state index in [1.54, 1.807) is 42.0 Å². The van der Waals surface area contributed by atoms with Crippen molar-refractivity contribution >= 4 is 28.6 Å². The number of pyridine rings is 3. The molecular formula is C32H35N7O4. The highest BCUT2D eigenvalue weighted by molar-refractivity contribution is 5.94. The molecule has 0 spiro atoms. The molecular weight excluding hydrogens is 546 g/mol. The predicted octanol–water partition coefficient (Wildman–Crippen LogP) is 2.34. The van der Waals surface area contributed by atoms with Crippen LogP contribution in [0.5, 0.6) is 0 Å². The number of piperidine rings is 1. The average molecular weight is 582 g/mol. The second-order valence-corrected chi connectivity index (χ2v) is 12.4. The van der Waals surface area contributed by atoms with Crippen molar-refractivity contribution in [2.24, 2.45) is 23.2 Å². The van der Waals surface area contributed by atoms with Crippen LogP contribution in [0.25, 0.3) is 10.9 Å². The molecule has 0 bridgehead atoms. The van der Waals surface area contributed by atoms with Crippen LogP contribution in [0, 0.1) is 34.5 Å². The molecule has 0 aromatic carbocycles. The molecule has 3 aromatic rings. The molecule has 11 nitrogen and oxygen atoms in total. The Morgan fingerprint density at radius 1 is 1.14 bits per heavy atom. The van der Waals surface area contributed by atoms with E-state index in [1.165, 1.54) is 0 Å². The third kappa shape index (κ3) is 5.67. The number of hydrogen-bond donors (Lipinski definition) is 2. The van der Waals surface area contributed by atoms with Gasteiger partial charge in [0.2, 0.25) is 17.7 Å². The molecule has 222 valence electrons. The van der Waals surface area contributed by atoms with Crippen LogP contribution in [-0.2, 0) is 25.5 Å². The normalized spacial score (nSPS) is 24.9. The maximum absolute atomic E-state index is 14.2. The zero-order chi connectivity index (χ0) is 30.1. The number of fused-ring (bicyclic) bond motifs is 2. The topological polar surface area (TPSA) is 150 Å². The summed E-state index contributed by atoms with van der Waals surface area (Å²) in [7, 11) is 0. The lowest BCUT2D eigenvalue weighted by atomic mass is 9.97. The fraction of sp³-hybridized carbons (Fsp3) is 0.469. The summed E-state index contributed by atoms with van der Waals surface area (Å²) in [5.41, 5.74) is 1.80. The van der Waals surface area contributed by atoms with Crippen LogP contribution in [-0.4, -0.2) is 69.4 Å². The summed E-state index contributed by atoms with van der Waals surface area (Å²) in [5.74, 6) is -0.722. The Bertz CT molecular complexity index is 1560. The highest BCUT2D eigenvalue weighted by Gasteiger charge is 2.69. The Kier molecular flexibility index (Phi) is 7.79. The second-order valence-electron chi connectivity index (χ2n) is 12.4. The fourth-order valence-electron chi connectivity index (χ4n) is 6.87. The molecule has 2 N–H and O–H groups in total. The minimum absolute atomic E-state index is 0.0625. The minimum atomic E-state index is -1.00. The fourth-order valence-corrected chi connectivity index (χ4v) is 6.87. The molecule has 3 aliphatic rings. The summed E-state index contributed by atoms with van der Waals surface area (Å²) < 4.78 is 5.42. The van der Waals surface area contributed by atoms with E-state index >= 15 is 0 Å². The van der Waals surface area contributed by atoms with Gasteiger partial charge in [0.1, 0.15) is 18.1 Å². The quantitative estimate of drug-likeness (QED) is 0.391. The molecule has 1 saturated carbocycles. The maximum atomic E-state index is 14.2. The summed E-state index contributed by atoms with van der Waals surface area (Å²) in [4.78, 5) is 55.6. The van der Waals surface area contributed by atoms with Crippen LogP contribution < -0.4 is 10.6 Å². The van der Waals surface area contributed by atoms with Gasteiger partial charge < -0.3 is 20.3 Å². The summed E-state index contributed by atoms with van der Waals surface area (Å²) >= 11 is 0. The Morgan fingerprint density at radius 3 is 2.70 bits per heavy atom. The van der Waals surface area contributed by atoms with E-state index in [1.807, 2.05) is 18.2 Å². The van der Waals surface area contributed by atoms with Crippen LogP contribution in [0.3, 0.4) is 0 Å². The first-order valence-corrected chi connectivity index (χ1v) is 14.7. The molecule has 11 heteroatoms. The van der Waals surface area contributed by atoms with Gasteiger partial charge in [0.15, 0.2) is 0 Å². The summed E-state index contributed by atoms with van der Waals surface area (Å²) in [6.45, 7) is 5.78. The van der Waals surface area contributed by atoms with Crippen LogP contribution in [0.15, 0.2) is 55.2 Å². The van der Waals surface area contributed by atoms with Gasteiger partial charge >= 0.3 is 0 Å². The van der Waals surface area contributed by atoms with Crippen molar-refractivity contribution in [3.8, 4) is 6.07 Å². The van der Waals surface area contributed by atoms with E-state index < -0.39 is 24.0 Å². The molecule has 3 fully saturated rings. The molecule has 5 heterocycles. The molecule has 2 saturated heterocycles. The first kappa shape index (κ1) is 28.7. The van der Waals surface area contributed by atoms with E-state index in [0.717, 1.165) is 17.4 Å². The van der Waals surface area contributed by atoms with Gasteiger partial charge in [-0.1, -0.05) is 13.8 Å². The Labute approximate surface area is 250 Å². The monoisotopic (exact) mass is 581 g/mol. The lowest BCUT2D eigenvalue weighted by Crippen LogP contribution is -2.56. The van der Waals surface area contributed by atoms with Gasteiger partial charge in [0, 0.05) is 74.5 Å². The molecule has 3 aromatic heterocycles. The average Bonchev–Trinajstić information content (AvgIpc) is 3.42. The molecule has 0 radical (unpaired) electrons. The van der Waals surface area contributed by atoms with Crippen LogP contribution in [0.1, 0.15) is 43.9 Å². The smallest absolute Gasteiger partial charge is 0.246 e. The van der Waals surface area contributed by atoms with Crippen LogP contribution in [0.4, 0.5) is 0 Å². The van der Waals surface area contributed by atoms with Crippen molar-refractivity contribution in [2.45, 2.75) is 51.2 Å². The predicted molar refractivity (Wildman–Crippen MR) is 156 cm³/mol. The number of carbonyl (C=O) groups excluding carboxylic acids is 3. The summed E-state index contributed by atoms with van der Waals surface area (Å²) in [6.07, 6.45) is 9.49. The molecule has 2 aliphatic heterocycles. The van der Waals surface area contributed by atoms with E-state index in [2.05, 4.69) is 45.5 Å². The number of ether oxygens (including phenoxy) is 1. The molecule has 43 heavy (non-hydrogen) atoms. The zero-order valence-corrected chi connectivity index (χ0v) is 24.3. The Balaban J connectivity index is 1.25. The van der Waals surface area contributed by atoms with Gasteiger partial charge in [-0.2, -0.15) is 5.26 Å². The lowest BCUT2D eigenvalue weighted by molar-refractivity contribution is -0.143. The highest BCUT2D eigenvalue weighted by atomic mass is 16.5. The van der Waals surface area contributed by atoms with Crippen molar-refractivity contribution in [2.75, 3.05) is 19.8 Å². The minimum Gasteiger partial charge on any atom is -0.381 e. The standard InChI is InChI=1S/C32H35N7O4/c1-32(2)23-17-39(31(42)24(12-19-5-9-34-10-6-19)37-26(40)13-20-7-11-43-18-20)29(27(23)32)30(41)38-25(14-33)22-16-35-15-21-4-3-8-36-28(21)22/h3-6,8-10,15-16,20,23-25,27,29H,7,11-13,17-18H2,1-2H3,(H,37,40)(H,38,41)/t20?,23-,24-,25?,27-,29-/m0/s1. The van der Waals surface area contributed by atoms with Crippen LogP contribution >= 0.6 is 0 Å². The summed E-state index contributed by atoms with van der Waals surface area (Å²) in [6, 6.07) is 6.81. The third-order valence-electron chi connectivity index (χ3n) is 9.35. The van der Waals surface area contributed by atoms with Gasteiger partial charge in [0.05, 0.1) is 11.6 Å². The number of nitriles is 1. The molecule has 3 amide bonds. The number of hydrogen-bond acceptors (Lipinski definition) is 8. The van der Waals surface area contributed by atoms with Gasteiger partial charge in [-0.15, -0.1) is 0 Å². The maximum Gasteiger partial charge on any atom is 0.246 e. The molecule has 6 atom stereocenters. The van der Waals surface area contributed by atoms with E-state index in [0.29, 0.717) is 30.8 Å². The van der Waals surface area contributed by atoms with Gasteiger partial charge in [-0.05, 0) is 59.4 Å². The number of carbonyl (C=O) groups is 3. The molecule has 2 unspecified atom stereocenters. The second kappa shape index (κ2) is 11.7.